The molecular formula is C15H15N6S2Y-. The molecule has 6 nitrogen and oxygen atoms in total. The van der Waals surface area contributed by atoms with E-state index in [2.05, 4.69) is 24.9 Å². The predicted octanol–water partition coefficient (Wildman–Crippen LogP) is 3.66. The summed E-state index contributed by atoms with van der Waals surface area (Å²) in [5.41, 5.74) is 7.91. The first-order chi connectivity index (χ1) is 11.2. The van der Waals surface area contributed by atoms with Crippen LogP contribution in [0.15, 0.2) is 33.8 Å². The number of nitrogens with zero attached hydrogens (tertiary/aromatic N) is 5. The third-order valence-electron chi connectivity index (χ3n) is 2.87. The molecule has 0 aliphatic carbocycles. The number of nitrogen functional groups attached to an aromatic ring is 1. The molecule has 0 unspecified atom stereocenters. The van der Waals surface area contributed by atoms with E-state index >= 15 is 0 Å². The Labute approximate surface area is 173 Å². The van der Waals surface area contributed by atoms with Gasteiger partial charge in [-0.2, -0.15) is 0 Å². The van der Waals surface area contributed by atoms with E-state index in [1.165, 1.54) is 11.8 Å². The zero-order valence-electron chi connectivity index (χ0n) is 13.5. The van der Waals surface area contributed by atoms with Gasteiger partial charge in [-0.25, -0.2) is 9.97 Å². The molecule has 0 aliphatic heterocycles. The van der Waals surface area contributed by atoms with Crippen LogP contribution in [-0.4, -0.2) is 19.9 Å². The molecule has 1 aromatic carbocycles. The molecule has 0 saturated carbocycles. The first-order valence-corrected chi connectivity index (χ1v) is 8.80. The van der Waals surface area contributed by atoms with Gasteiger partial charge in [0.25, 0.3) is 0 Å². The fraction of sp³-hybridized carbons (Fsp3) is 0.200. The molecule has 2 N–H and O–H groups in total. The van der Waals surface area contributed by atoms with Gasteiger partial charge in [-0.15, -0.1) is 11.3 Å². The maximum absolute atomic E-state index is 5.85. The monoisotopic (exact) mass is 432 g/mol. The molecule has 4 aromatic rings. The number of hydrogen-bond donors (Lipinski definition) is 1. The summed E-state index contributed by atoms with van der Waals surface area (Å²) < 4.78 is 2.04. The van der Waals surface area contributed by atoms with Gasteiger partial charge in [0.05, 0.1) is 21.2 Å². The van der Waals surface area contributed by atoms with Crippen molar-refractivity contribution < 1.29 is 32.7 Å². The van der Waals surface area contributed by atoms with Crippen LogP contribution in [0.2, 0.25) is 0 Å². The summed E-state index contributed by atoms with van der Waals surface area (Å²) in [6.45, 7) is 5.78. The standard InChI is InChI=1S/C13H9N6S2.C2H6.Y/c1-6-15-10(14)9-11(16-6)19-12(18-9)21-13-17-7-4-2-3-5-8(7)20-13;1-2;/h2-5H,1H3,(H2-,14,15,16,18,19);1-2H3;/q-1;;. The molecule has 4 rings (SSSR count). The van der Waals surface area contributed by atoms with Crippen molar-refractivity contribution in [3.8, 4) is 0 Å². The summed E-state index contributed by atoms with van der Waals surface area (Å²) in [5.74, 6) is 0.956. The fourth-order valence-electron chi connectivity index (χ4n) is 1.99. The zero-order valence-corrected chi connectivity index (χ0v) is 18.0. The number of nitrogens with two attached hydrogens (primary N) is 1. The van der Waals surface area contributed by atoms with Crippen molar-refractivity contribution in [2.75, 3.05) is 5.73 Å². The van der Waals surface area contributed by atoms with Gasteiger partial charge in [0.2, 0.25) is 0 Å². The second-order valence-electron chi connectivity index (χ2n) is 4.38. The Morgan fingerprint density at radius 2 is 1.83 bits per heavy atom. The second kappa shape index (κ2) is 8.33. The van der Waals surface area contributed by atoms with Crippen molar-refractivity contribution in [2.45, 2.75) is 30.3 Å². The summed E-state index contributed by atoms with van der Waals surface area (Å²) >= 11 is 3.03. The van der Waals surface area contributed by atoms with Gasteiger partial charge < -0.3 is 20.7 Å². The number of benzene rings is 1. The predicted molar refractivity (Wildman–Crippen MR) is 94.9 cm³/mol. The minimum absolute atomic E-state index is 0. The SMILES string of the molecule is CC.Cc1nc(N)c2nc(Sc3nc4ccccc4s3)[n-]c2n1.[Y]. The molecule has 0 atom stereocenters. The summed E-state index contributed by atoms with van der Waals surface area (Å²) in [4.78, 5) is 21.7. The van der Waals surface area contributed by atoms with Gasteiger partial charge in [-0.1, -0.05) is 37.7 Å². The molecule has 0 amide bonds. The van der Waals surface area contributed by atoms with E-state index in [1.54, 1.807) is 18.3 Å². The number of aromatic nitrogens is 5. The van der Waals surface area contributed by atoms with Crippen molar-refractivity contribution >= 4 is 50.3 Å². The number of aryl methyl sites for hydroxylation is 1. The largest absolute Gasteiger partial charge is 0.383 e. The van der Waals surface area contributed by atoms with Crippen LogP contribution in [-0.2, 0) is 32.7 Å². The topological polar surface area (TPSA) is 91.7 Å². The third-order valence-corrected chi connectivity index (χ3v) is 4.83. The Kier molecular flexibility index (Phi) is 6.68. The number of rotatable bonds is 2. The van der Waals surface area contributed by atoms with Crippen LogP contribution in [0.25, 0.3) is 21.4 Å². The smallest absolute Gasteiger partial charge is 0.156 e. The summed E-state index contributed by atoms with van der Waals surface area (Å²) in [7, 11) is 0. The van der Waals surface area contributed by atoms with Crippen LogP contribution in [0.5, 0.6) is 0 Å². The van der Waals surface area contributed by atoms with Crippen molar-refractivity contribution in [3.05, 3.63) is 30.1 Å². The van der Waals surface area contributed by atoms with E-state index in [0.29, 0.717) is 28.0 Å². The Morgan fingerprint density at radius 1 is 1.08 bits per heavy atom. The van der Waals surface area contributed by atoms with E-state index in [9.17, 15) is 0 Å². The summed E-state index contributed by atoms with van der Waals surface area (Å²) in [5, 5.41) is 0.593. The molecule has 24 heavy (non-hydrogen) atoms. The molecule has 0 bridgehead atoms. The first-order valence-electron chi connectivity index (χ1n) is 7.17. The van der Waals surface area contributed by atoms with Gasteiger partial charge in [0.1, 0.15) is 5.82 Å². The van der Waals surface area contributed by atoms with E-state index in [0.717, 1.165) is 14.6 Å². The summed E-state index contributed by atoms with van der Waals surface area (Å²) in [6.07, 6.45) is 0. The molecular weight excluding hydrogens is 417 g/mol. The second-order valence-corrected chi connectivity index (χ2v) is 6.63. The Morgan fingerprint density at radius 3 is 2.58 bits per heavy atom. The average Bonchev–Trinajstić information content (AvgIpc) is 3.12. The van der Waals surface area contributed by atoms with E-state index in [-0.39, 0.29) is 32.7 Å². The molecule has 0 spiro atoms. The van der Waals surface area contributed by atoms with Crippen molar-refractivity contribution in [1.29, 1.82) is 0 Å². The minimum atomic E-state index is 0. The first kappa shape index (κ1) is 19.2. The van der Waals surface area contributed by atoms with E-state index in [1.807, 2.05) is 38.1 Å². The van der Waals surface area contributed by atoms with Crippen LogP contribution in [0.3, 0.4) is 0 Å². The molecule has 3 aromatic heterocycles. The number of para-hydroxylation sites is 1. The Bertz CT molecular complexity index is 932. The van der Waals surface area contributed by atoms with Crippen LogP contribution in [0, 0.1) is 6.92 Å². The van der Waals surface area contributed by atoms with Gasteiger partial charge >= 0.3 is 0 Å². The molecule has 0 aliphatic rings. The maximum atomic E-state index is 5.85. The van der Waals surface area contributed by atoms with Gasteiger partial charge in [-0.3, -0.25) is 0 Å². The molecule has 1 radical (unpaired) electrons. The Hall–Kier alpha value is -1.09. The van der Waals surface area contributed by atoms with Crippen LogP contribution >= 0.6 is 23.1 Å². The zero-order chi connectivity index (χ0) is 16.4. The summed E-state index contributed by atoms with van der Waals surface area (Å²) in [6, 6.07) is 8.02. The van der Waals surface area contributed by atoms with Gasteiger partial charge in [-0.05, 0) is 19.1 Å². The van der Waals surface area contributed by atoms with Crippen molar-refractivity contribution in [2.24, 2.45) is 0 Å². The Balaban J connectivity index is 0.000000670. The van der Waals surface area contributed by atoms with Crippen molar-refractivity contribution in [1.82, 2.24) is 24.9 Å². The third kappa shape index (κ3) is 3.93. The number of hydrogen-bond acceptors (Lipinski definition) is 7. The number of anilines is 1. The van der Waals surface area contributed by atoms with Crippen molar-refractivity contribution in [3.63, 3.8) is 0 Å². The van der Waals surface area contributed by atoms with E-state index in [4.69, 9.17) is 5.73 Å². The van der Waals surface area contributed by atoms with Crippen LogP contribution in [0.4, 0.5) is 5.82 Å². The molecule has 0 fully saturated rings. The van der Waals surface area contributed by atoms with Crippen LogP contribution in [0.1, 0.15) is 19.7 Å². The molecule has 9 heteroatoms. The average molecular weight is 432 g/mol. The molecule has 3 heterocycles. The van der Waals surface area contributed by atoms with E-state index < -0.39 is 0 Å². The quantitative estimate of drug-likeness (QED) is 0.517. The number of fused-ring (bicyclic) bond motifs is 2. The molecule has 121 valence electrons. The number of thiazole rings is 1. The van der Waals surface area contributed by atoms with Crippen LogP contribution < -0.4 is 10.7 Å². The normalized spacial score (nSPS) is 10.3. The van der Waals surface area contributed by atoms with Gasteiger partial charge in [0.15, 0.2) is 4.34 Å². The minimum Gasteiger partial charge on any atom is -0.383 e. The fourth-order valence-corrected chi connectivity index (χ4v) is 3.91. The van der Waals surface area contributed by atoms with Gasteiger partial charge in [0, 0.05) is 43.9 Å². The number of imidazole rings is 1. The maximum Gasteiger partial charge on any atom is 0.156 e. The molecule has 0 saturated heterocycles.